The Labute approximate surface area is 252 Å². The van der Waals surface area contributed by atoms with Crippen molar-refractivity contribution < 1.29 is 134 Å². The fraction of sp³-hybridized carbons (Fsp3) is 0. The second-order valence-corrected chi connectivity index (χ2v) is 8.17. The summed E-state index contributed by atoms with van der Waals surface area (Å²) >= 11 is 0. The van der Waals surface area contributed by atoms with E-state index in [-0.39, 0.29) is 114 Å². The van der Waals surface area contributed by atoms with Crippen molar-refractivity contribution in [1.29, 1.82) is 0 Å². The summed E-state index contributed by atoms with van der Waals surface area (Å²) in [7, 11) is -9.99. The van der Waals surface area contributed by atoms with Crippen molar-refractivity contribution >= 4 is 42.4 Å². The summed E-state index contributed by atoms with van der Waals surface area (Å²) in [5.74, 6) is -0.704. The fourth-order valence-corrected chi connectivity index (χ4v) is 3.77. The van der Waals surface area contributed by atoms with E-state index in [9.17, 15) is 31.0 Å². The van der Waals surface area contributed by atoms with Gasteiger partial charge in [0.25, 0.3) is 10.1 Å². The zero-order valence-corrected chi connectivity index (χ0v) is 23.2. The van der Waals surface area contributed by atoms with E-state index in [1.807, 2.05) is 0 Å². The smallest absolute Gasteiger partial charge is 0.871 e. The molecule has 0 aromatic heterocycles. The van der Waals surface area contributed by atoms with Gasteiger partial charge in [0.05, 0.1) is 16.3 Å². The van der Waals surface area contributed by atoms with Gasteiger partial charge in [-0.15, -0.1) is 0 Å². The van der Waals surface area contributed by atoms with Crippen LogP contribution in [0.25, 0.3) is 10.8 Å². The van der Waals surface area contributed by atoms with Crippen molar-refractivity contribution in [2.45, 2.75) is 9.79 Å². The van der Waals surface area contributed by atoms with Gasteiger partial charge in [0, 0.05) is 5.39 Å². The first-order chi connectivity index (χ1) is 12.6. The number of rotatable bonds is 4. The molecule has 29 heavy (non-hydrogen) atoms. The van der Waals surface area contributed by atoms with Crippen molar-refractivity contribution in [3.05, 3.63) is 54.6 Å². The summed E-state index contributed by atoms with van der Waals surface area (Å²) in [4.78, 5) is -1.79. The molecule has 140 valence electrons. The molecule has 0 radical (unpaired) electrons. The first kappa shape index (κ1) is 27.4. The Morgan fingerprint density at radius 1 is 0.862 bits per heavy atom. The molecule has 3 rings (SSSR count). The number of hydrogen-bond donors (Lipinski definition) is 1. The largest absolute Gasteiger partial charge is 1.00 e. The molecule has 0 aliphatic heterocycles. The van der Waals surface area contributed by atoms with Gasteiger partial charge in [-0.3, -0.25) is 4.55 Å². The van der Waals surface area contributed by atoms with E-state index in [4.69, 9.17) is 0 Å². The Balaban J connectivity index is 0.00000210. The monoisotopic (exact) mass is 484 g/mol. The van der Waals surface area contributed by atoms with Crippen molar-refractivity contribution in [3.63, 3.8) is 0 Å². The second kappa shape index (κ2) is 10.8. The first-order valence-electron chi connectivity index (χ1n) is 7.25. The zero-order chi connectivity index (χ0) is 19.8. The standard InChI is InChI=1S/C16H12N2O7S2.2K/c19-13-7-6-10-8-12(26(20,21)22)9-14(27(23,24)25)15(10)16(13)18-17-11-4-2-1-3-5-11;;/h1-9,19H,(H,20,21,22)(H,23,24,25);;/q;2*+1/p-2. The maximum Gasteiger partial charge on any atom is 1.00 e. The Bertz CT molecular complexity index is 1280. The van der Waals surface area contributed by atoms with Gasteiger partial charge in [-0.05, 0) is 29.7 Å². The van der Waals surface area contributed by atoms with Crippen LogP contribution in [0, 0.1) is 0 Å². The predicted molar refractivity (Wildman–Crippen MR) is 91.8 cm³/mol. The molecule has 13 heteroatoms. The molecule has 0 amide bonds. The van der Waals surface area contributed by atoms with Gasteiger partial charge >= 0.3 is 103 Å². The Kier molecular flexibility index (Phi) is 10.2. The minimum Gasteiger partial charge on any atom is -0.871 e. The number of hydrogen-bond acceptors (Lipinski definition) is 8. The van der Waals surface area contributed by atoms with E-state index >= 15 is 0 Å². The Morgan fingerprint density at radius 3 is 2.03 bits per heavy atom. The SMILES string of the molecule is O=S(=O)([O-])c1cc(S(=O)(=O)O)c2c(N=Nc3ccccc3)c([O-])ccc2c1.[K+].[K+]. The number of fused-ring (bicyclic) bond motifs is 1. The summed E-state index contributed by atoms with van der Waals surface area (Å²) in [5.41, 5.74) is -0.0418. The van der Waals surface area contributed by atoms with Crippen LogP contribution in [0.4, 0.5) is 11.4 Å². The van der Waals surface area contributed by atoms with Crippen LogP contribution < -0.4 is 108 Å². The molecular weight excluding hydrogens is 475 g/mol. The quantitative estimate of drug-likeness (QED) is 0.228. The van der Waals surface area contributed by atoms with Gasteiger partial charge in [0.15, 0.2) is 0 Å². The summed E-state index contributed by atoms with van der Waals surface area (Å²) in [5, 5.41) is 19.4. The third kappa shape index (κ3) is 6.69. The predicted octanol–water partition coefficient (Wildman–Crippen LogP) is -3.51. The molecule has 0 saturated heterocycles. The summed E-state index contributed by atoms with van der Waals surface area (Å²) in [6, 6.07) is 11.8. The molecule has 0 spiro atoms. The molecule has 9 nitrogen and oxygen atoms in total. The normalized spacial score (nSPS) is 11.8. The van der Waals surface area contributed by atoms with E-state index in [2.05, 4.69) is 10.2 Å². The molecule has 3 aromatic carbocycles. The maximum absolute atomic E-state index is 12.2. The summed E-state index contributed by atoms with van der Waals surface area (Å²) in [6.07, 6.45) is 0. The molecule has 1 N–H and O–H groups in total. The van der Waals surface area contributed by atoms with Crippen molar-refractivity contribution in [2.75, 3.05) is 0 Å². The van der Waals surface area contributed by atoms with Crippen LogP contribution in [0.15, 0.2) is 74.6 Å². The van der Waals surface area contributed by atoms with Gasteiger partial charge in [-0.2, -0.15) is 18.6 Å². The minimum absolute atomic E-state index is 0. The average Bonchev–Trinajstić information content (AvgIpc) is 2.59. The van der Waals surface area contributed by atoms with Crippen LogP contribution in [0.5, 0.6) is 5.75 Å². The van der Waals surface area contributed by atoms with Gasteiger partial charge in [0.2, 0.25) is 0 Å². The van der Waals surface area contributed by atoms with Crippen LogP contribution in [-0.4, -0.2) is 25.9 Å². The molecule has 0 atom stereocenters. The summed E-state index contributed by atoms with van der Waals surface area (Å²) in [6.45, 7) is 0. The zero-order valence-electron chi connectivity index (χ0n) is 15.3. The molecule has 0 heterocycles. The van der Waals surface area contributed by atoms with Gasteiger partial charge in [-0.25, -0.2) is 8.42 Å². The molecular formula is C16H10K2N2O7S2. The van der Waals surface area contributed by atoms with Crippen LogP contribution >= 0.6 is 0 Å². The Morgan fingerprint density at radius 2 is 1.48 bits per heavy atom. The van der Waals surface area contributed by atoms with Gasteiger partial charge in [0.1, 0.15) is 15.0 Å². The number of benzene rings is 3. The molecule has 0 saturated carbocycles. The van der Waals surface area contributed by atoms with Crippen molar-refractivity contribution in [1.82, 2.24) is 0 Å². The Hall–Kier alpha value is 0.413. The van der Waals surface area contributed by atoms with Crippen LogP contribution in [0.3, 0.4) is 0 Å². The first-order valence-corrected chi connectivity index (χ1v) is 10.1. The van der Waals surface area contributed by atoms with Crippen molar-refractivity contribution in [3.8, 4) is 5.75 Å². The second-order valence-electron chi connectivity index (χ2n) is 5.40. The third-order valence-corrected chi connectivity index (χ3v) is 5.27. The van der Waals surface area contributed by atoms with E-state index in [1.165, 1.54) is 0 Å². The maximum atomic E-state index is 12.2. The number of nitrogens with zero attached hydrogens (tertiary/aromatic N) is 2. The molecule has 3 aromatic rings. The third-order valence-electron chi connectivity index (χ3n) is 3.58. The van der Waals surface area contributed by atoms with Crippen molar-refractivity contribution in [2.24, 2.45) is 10.2 Å². The minimum atomic E-state index is -5.01. The number of azo groups is 1. The van der Waals surface area contributed by atoms with E-state index in [0.29, 0.717) is 11.8 Å². The van der Waals surface area contributed by atoms with Crippen LogP contribution in [0.1, 0.15) is 0 Å². The van der Waals surface area contributed by atoms with E-state index in [0.717, 1.165) is 18.2 Å². The molecule has 0 aliphatic rings. The van der Waals surface area contributed by atoms with Crippen LogP contribution in [-0.2, 0) is 20.2 Å². The van der Waals surface area contributed by atoms with Crippen LogP contribution in [0.2, 0.25) is 0 Å². The average molecular weight is 485 g/mol. The molecule has 0 unspecified atom stereocenters. The van der Waals surface area contributed by atoms with Gasteiger partial charge in [-0.1, -0.05) is 36.1 Å². The van der Waals surface area contributed by atoms with E-state index in [1.54, 1.807) is 30.3 Å². The molecule has 0 fully saturated rings. The topological polar surface area (TPSA) is 159 Å². The van der Waals surface area contributed by atoms with Gasteiger partial charge < -0.3 is 9.66 Å². The van der Waals surface area contributed by atoms with E-state index < -0.39 is 41.5 Å². The summed E-state index contributed by atoms with van der Waals surface area (Å²) < 4.78 is 66.8. The fourth-order valence-electron chi connectivity index (χ4n) is 2.41. The molecule has 0 aliphatic carbocycles. The molecule has 0 bridgehead atoms.